The van der Waals surface area contributed by atoms with Crippen molar-refractivity contribution in [3.05, 3.63) is 18.2 Å². The van der Waals surface area contributed by atoms with Crippen molar-refractivity contribution < 1.29 is 26.3 Å². The maximum Gasteiger partial charge on any atom is 0.183 e. The monoisotopic (exact) mass is 389 g/mol. The van der Waals surface area contributed by atoms with Crippen molar-refractivity contribution in [2.45, 2.75) is 29.0 Å². The fourth-order valence-corrected chi connectivity index (χ4v) is 8.52. The van der Waals surface area contributed by atoms with E-state index in [0.717, 1.165) is 25.9 Å². The van der Waals surface area contributed by atoms with Gasteiger partial charge in [0.05, 0.1) is 35.9 Å². The molecule has 1 aromatic rings. The van der Waals surface area contributed by atoms with Crippen molar-refractivity contribution in [2.75, 3.05) is 38.8 Å². The number of methoxy groups -OCH3 is 2. The highest BCUT2D eigenvalue weighted by Gasteiger charge is 2.48. The zero-order valence-corrected chi connectivity index (χ0v) is 16.0. The van der Waals surface area contributed by atoms with E-state index in [2.05, 4.69) is 0 Å². The molecule has 25 heavy (non-hydrogen) atoms. The van der Waals surface area contributed by atoms with Gasteiger partial charge < -0.3 is 9.47 Å². The fourth-order valence-electron chi connectivity index (χ4n) is 3.68. The molecule has 1 aromatic carbocycles. The second kappa shape index (κ2) is 6.77. The normalized spacial score (nSPS) is 26.6. The summed E-state index contributed by atoms with van der Waals surface area (Å²) < 4.78 is 61.0. The molecule has 3 rings (SSSR count). The van der Waals surface area contributed by atoms with Gasteiger partial charge in [0, 0.05) is 12.1 Å². The topological polar surface area (TPSA) is 90.0 Å². The lowest BCUT2D eigenvalue weighted by molar-refractivity contribution is 0.264. The average molecular weight is 389 g/mol. The van der Waals surface area contributed by atoms with E-state index in [1.807, 2.05) is 4.90 Å². The number of nitrogens with zero attached hydrogens (tertiary/aromatic N) is 1. The van der Waals surface area contributed by atoms with Crippen molar-refractivity contribution in [1.29, 1.82) is 0 Å². The second-order valence-electron chi connectivity index (χ2n) is 6.49. The van der Waals surface area contributed by atoms with Gasteiger partial charge in [-0.3, -0.25) is 4.90 Å². The van der Waals surface area contributed by atoms with Gasteiger partial charge in [0.2, 0.25) is 0 Å². The van der Waals surface area contributed by atoms with Crippen LogP contribution in [0.1, 0.15) is 12.8 Å². The third-order valence-corrected chi connectivity index (χ3v) is 9.08. The number of hydrogen-bond donors (Lipinski definition) is 0. The molecule has 9 heteroatoms. The summed E-state index contributed by atoms with van der Waals surface area (Å²) in [6.07, 6.45) is 1.94. The molecule has 2 heterocycles. The third-order valence-electron chi connectivity index (χ3n) is 4.96. The maximum atomic E-state index is 13.2. The zero-order valence-electron chi connectivity index (χ0n) is 14.3. The van der Waals surface area contributed by atoms with Gasteiger partial charge in [0.15, 0.2) is 31.2 Å². The molecule has 2 aliphatic heterocycles. The van der Waals surface area contributed by atoms with Crippen molar-refractivity contribution in [3.63, 3.8) is 0 Å². The Labute approximate surface area is 148 Å². The molecule has 0 radical (unpaired) electrons. The SMILES string of the molecule is COc1ccc(S(=O)(=O)[C@H]2CS(=O)(=O)C[C@@H]2N2CCCC2)cc1OC. The highest BCUT2D eigenvalue weighted by atomic mass is 32.2. The van der Waals surface area contributed by atoms with Crippen LogP contribution in [0.4, 0.5) is 0 Å². The van der Waals surface area contributed by atoms with Crippen LogP contribution in [0.25, 0.3) is 0 Å². The zero-order chi connectivity index (χ0) is 18.2. The van der Waals surface area contributed by atoms with Crippen LogP contribution < -0.4 is 9.47 Å². The molecule has 0 unspecified atom stereocenters. The summed E-state index contributed by atoms with van der Waals surface area (Å²) in [5.41, 5.74) is 0. The van der Waals surface area contributed by atoms with Crippen LogP contribution in [0, 0.1) is 0 Å². The first kappa shape index (κ1) is 18.5. The number of ether oxygens (including phenoxy) is 2. The van der Waals surface area contributed by atoms with E-state index >= 15 is 0 Å². The molecule has 2 aliphatic rings. The third kappa shape index (κ3) is 3.50. The number of hydrogen-bond acceptors (Lipinski definition) is 7. The van der Waals surface area contributed by atoms with Crippen molar-refractivity contribution >= 4 is 19.7 Å². The minimum absolute atomic E-state index is 0.0662. The molecule has 0 saturated carbocycles. The van der Waals surface area contributed by atoms with Crippen LogP contribution in [0.3, 0.4) is 0 Å². The molecule has 0 N–H and O–H groups in total. The summed E-state index contributed by atoms with van der Waals surface area (Å²) in [5.74, 6) is 0.313. The lowest BCUT2D eigenvalue weighted by Gasteiger charge is -2.27. The van der Waals surface area contributed by atoms with E-state index in [0.29, 0.717) is 11.5 Å². The van der Waals surface area contributed by atoms with Gasteiger partial charge in [0.1, 0.15) is 0 Å². The number of rotatable bonds is 5. The first-order chi connectivity index (χ1) is 11.8. The van der Waals surface area contributed by atoms with Crippen molar-refractivity contribution in [1.82, 2.24) is 4.90 Å². The average Bonchev–Trinajstić information content (AvgIpc) is 3.21. The molecule has 0 aromatic heterocycles. The van der Waals surface area contributed by atoms with Gasteiger partial charge >= 0.3 is 0 Å². The Morgan fingerprint density at radius 2 is 1.68 bits per heavy atom. The fraction of sp³-hybridized carbons (Fsp3) is 0.625. The van der Waals surface area contributed by atoms with Crippen LogP contribution in [-0.4, -0.2) is 71.8 Å². The summed E-state index contributed by atoms with van der Waals surface area (Å²) in [6.45, 7) is 1.50. The number of sulfone groups is 2. The Balaban J connectivity index is 2.00. The minimum atomic E-state index is -3.81. The quantitative estimate of drug-likeness (QED) is 0.734. The van der Waals surface area contributed by atoms with Gasteiger partial charge in [-0.25, -0.2) is 16.8 Å². The van der Waals surface area contributed by atoms with E-state index in [1.54, 1.807) is 0 Å². The largest absolute Gasteiger partial charge is 0.493 e. The van der Waals surface area contributed by atoms with Crippen LogP contribution >= 0.6 is 0 Å². The van der Waals surface area contributed by atoms with E-state index in [-0.39, 0.29) is 16.4 Å². The standard InChI is InChI=1S/C16H23NO6S2/c1-22-14-6-5-12(9-15(14)23-2)25(20,21)16-11-24(18,19)10-13(16)17-7-3-4-8-17/h5-6,9,13,16H,3-4,7-8,10-11H2,1-2H3/t13-,16-/m0/s1. The molecule has 7 nitrogen and oxygen atoms in total. The Hall–Kier alpha value is -1.32. The lowest BCUT2D eigenvalue weighted by Crippen LogP contribution is -2.45. The lowest BCUT2D eigenvalue weighted by atomic mass is 10.2. The molecule has 2 saturated heterocycles. The molecule has 0 amide bonds. The summed E-state index contributed by atoms with van der Waals surface area (Å²) in [5, 5.41) is -0.950. The predicted octanol–water partition coefficient (Wildman–Crippen LogP) is 0.739. The van der Waals surface area contributed by atoms with Crippen LogP contribution in [0.15, 0.2) is 23.1 Å². The Bertz CT molecular complexity index is 843. The molecule has 2 atom stereocenters. The smallest absolute Gasteiger partial charge is 0.183 e. The minimum Gasteiger partial charge on any atom is -0.493 e. The Morgan fingerprint density at radius 1 is 1.04 bits per heavy atom. The van der Waals surface area contributed by atoms with Crippen LogP contribution in [-0.2, 0) is 19.7 Å². The second-order valence-corrected chi connectivity index (χ2v) is 10.8. The number of likely N-dealkylation sites (tertiary alicyclic amines) is 1. The molecular weight excluding hydrogens is 366 g/mol. The summed E-state index contributed by atoms with van der Waals surface area (Å²) >= 11 is 0. The molecule has 0 aliphatic carbocycles. The van der Waals surface area contributed by atoms with E-state index in [9.17, 15) is 16.8 Å². The van der Waals surface area contributed by atoms with Crippen molar-refractivity contribution in [2.24, 2.45) is 0 Å². The van der Waals surface area contributed by atoms with Crippen LogP contribution in [0.5, 0.6) is 11.5 Å². The molecular formula is C16H23NO6S2. The van der Waals surface area contributed by atoms with Gasteiger partial charge in [-0.2, -0.15) is 0 Å². The van der Waals surface area contributed by atoms with Crippen molar-refractivity contribution in [3.8, 4) is 11.5 Å². The summed E-state index contributed by atoms with van der Waals surface area (Å²) in [4.78, 5) is 2.07. The molecule has 140 valence electrons. The molecule has 0 bridgehead atoms. The highest BCUT2D eigenvalue weighted by Crippen LogP contribution is 2.35. The molecule has 0 spiro atoms. The van der Waals surface area contributed by atoms with Gasteiger partial charge in [-0.1, -0.05) is 0 Å². The van der Waals surface area contributed by atoms with E-state index in [1.165, 1.54) is 32.4 Å². The van der Waals surface area contributed by atoms with Crippen LogP contribution in [0.2, 0.25) is 0 Å². The highest BCUT2D eigenvalue weighted by molar-refractivity contribution is 7.96. The first-order valence-electron chi connectivity index (χ1n) is 8.19. The molecule has 2 fully saturated rings. The maximum absolute atomic E-state index is 13.2. The predicted molar refractivity (Wildman–Crippen MR) is 93.8 cm³/mol. The number of benzene rings is 1. The Kier molecular flexibility index (Phi) is 5.00. The summed E-state index contributed by atoms with van der Waals surface area (Å²) in [7, 11) is -4.29. The first-order valence-corrected chi connectivity index (χ1v) is 11.6. The Morgan fingerprint density at radius 3 is 2.28 bits per heavy atom. The van der Waals surface area contributed by atoms with Gasteiger partial charge in [-0.15, -0.1) is 0 Å². The van der Waals surface area contributed by atoms with Gasteiger partial charge in [-0.05, 0) is 38.1 Å². The van der Waals surface area contributed by atoms with E-state index < -0.39 is 31.0 Å². The van der Waals surface area contributed by atoms with E-state index in [4.69, 9.17) is 9.47 Å². The van der Waals surface area contributed by atoms with Gasteiger partial charge in [0.25, 0.3) is 0 Å². The summed E-state index contributed by atoms with van der Waals surface area (Å²) in [6, 6.07) is 3.90.